The van der Waals surface area contributed by atoms with Gasteiger partial charge in [-0.1, -0.05) is 49.2 Å². The van der Waals surface area contributed by atoms with Gasteiger partial charge in [0.05, 0.1) is 12.0 Å². The first-order valence-electron chi connectivity index (χ1n) is 9.65. The molecule has 1 amide bonds. The molecule has 4 nitrogen and oxygen atoms in total. The molecule has 26 heavy (non-hydrogen) atoms. The molecule has 136 valence electrons. The minimum atomic E-state index is -0.822. The number of benzene rings is 1. The predicted octanol–water partition coefficient (Wildman–Crippen LogP) is 3.30. The maximum absolute atomic E-state index is 13.0. The zero-order valence-corrected chi connectivity index (χ0v) is 15.1. The smallest absolute Gasteiger partial charge is 0.227 e. The Morgan fingerprint density at radius 1 is 1.15 bits per heavy atom. The van der Waals surface area contributed by atoms with E-state index >= 15 is 0 Å². The molecule has 1 saturated heterocycles. The minimum absolute atomic E-state index is 0.116. The molecule has 1 aliphatic carbocycles. The third-order valence-electron chi connectivity index (χ3n) is 6.15. The van der Waals surface area contributed by atoms with Crippen molar-refractivity contribution in [2.45, 2.75) is 50.2 Å². The first-order valence-corrected chi connectivity index (χ1v) is 9.65. The van der Waals surface area contributed by atoms with Crippen molar-refractivity contribution in [3.8, 4) is 0 Å². The number of hydrogen-bond donors (Lipinski definition) is 1. The van der Waals surface area contributed by atoms with Crippen LogP contribution in [0, 0.1) is 5.92 Å². The second-order valence-corrected chi connectivity index (χ2v) is 7.62. The molecule has 1 saturated carbocycles. The van der Waals surface area contributed by atoms with Crippen LogP contribution in [0.4, 0.5) is 0 Å². The van der Waals surface area contributed by atoms with Gasteiger partial charge in [0.25, 0.3) is 0 Å². The first kappa shape index (κ1) is 17.2. The molecule has 4 heteroatoms. The van der Waals surface area contributed by atoms with Crippen molar-refractivity contribution < 1.29 is 9.90 Å². The van der Waals surface area contributed by atoms with E-state index in [4.69, 9.17) is 0 Å². The summed E-state index contributed by atoms with van der Waals surface area (Å²) in [4.78, 5) is 19.1. The molecule has 0 radical (unpaired) electrons. The molecule has 1 aromatic heterocycles. The Kier molecular flexibility index (Phi) is 4.77. The summed E-state index contributed by atoms with van der Waals surface area (Å²) in [6.45, 7) is 0.617. The second-order valence-electron chi connectivity index (χ2n) is 7.62. The number of piperidine rings is 1. The van der Waals surface area contributed by atoms with Crippen molar-refractivity contribution in [2.75, 3.05) is 6.54 Å². The maximum atomic E-state index is 13.0. The van der Waals surface area contributed by atoms with Gasteiger partial charge in [-0.15, -0.1) is 0 Å². The summed E-state index contributed by atoms with van der Waals surface area (Å²) in [7, 11) is 0. The largest absolute Gasteiger partial charge is 0.385 e. The van der Waals surface area contributed by atoms with Gasteiger partial charge in [-0.05, 0) is 36.5 Å². The number of pyridine rings is 1. The number of rotatable bonds is 3. The Balaban J connectivity index is 1.58. The van der Waals surface area contributed by atoms with Gasteiger partial charge < -0.3 is 10.0 Å². The normalized spacial score (nSPS) is 28.4. The number of likely N-dealkylation sites (tertiary alicyclic amines) is 1. The molecule has 0 unspecified atom stereocenters. The van der Waals surface area contributed by atoms with E-state index in [0.717, 1.165) is 36.8 Å². The summed E-state index contributed by atoms with van der Waals surface area (Å²) in [5.41, 5.74) is 1.13. The van der Waals surface area contributed by atoms with Gasteiger partial charge in [0.1, 0.15) is 0 Å². The van der Waals surface area contributed by atoms with E-state index in [-0.39, 0.29) is 17.9 Å². The third-order valence-corrected chi connectivity index (χ3v) is 6.15. The van der Waals surface area contributed by atoms with Crippen molar-refractivity contribution in [1.82, 2.24) is 9.88 Å². The van der Waals surface area contributed by atoms with Crippen molar-refractivity contribution >= 4 is 5.91 Å². The number of carbonyl (C=O) groups excluding carboxylic acids is 1. The fourth-order valence-electron chi connectivity index (χ4n) is 4.86. The summed E-state index contributed by atoms with van der Waals surface area (Å²) >= 11 is 0. The number of carbonyl (C=O) groups is 1. The number of aromatic nitrogens is 1. The molecule has 2 aliphatic rings. The third kappa shape index (κ3) is 3.14. The van der Waals surface area contributed by atoms with Gasteiger partial charge in [-0.25, -0.2) is 0 Å². The van der Waals surface area contributed by atoms with Gasteiger partial charge in [-0.3, -0.25) is 9.78 Å². The van der Waals surface area contributed by atoms with Crippen molar-refractivity contribution in [3.05, 3.63) is 66.0 Å². The van der Waals surface area contributed by atoms with Crippen LogP contribution >= 0.6 is 0 Å². The van der Waals surface area contributed by atoms with Gasteiger partial charge in [0.2, 0.25) is 5.91 Å². The lowest BCUT2D eigenvalue weighted by atomic mass is 9.66. The summed E-state index contributed by atoms with van der Waals surface area (Å²) < 4.78 is 0. The van der Waals surface area contributed by atoms with E-state index in [2.05, 4.69) is 4.98 Å². The van der Waals surface area contributed by atoms with Crippen molar-refractivity contribution in [2.24, 2.45) is 5.92 Å². The number of hydrogen-bond acceptors (Lipinski definition) is 3. The van der Waals surface area contributed by atoms with Crippen LogP contribution in [0.5, 0.6) is 0 Å². The zero-order valence-electron chi connectivity index (χ0n) is 15.1. The molecular weight excluding hydrogens is 324 g/mol. The first-order chi connectivity index (χ1) is 12.7. The molecule has 3 atom stereocenters. The van der Waals surface area contributed by atoms with E-state index < -0.39 is 5.60 Å². The number of amides is 1. The molecule has 1 aromatic carbocycles. The van der Waals surface area contributed by atoms with E-state index in [1.807, 2.05) is 47.4 Å². The molecule has 0 spiro atoms. The SMILES string of the molecule is O=C(Cc1cccnc1)N1CC[C@@](O)(c2ccccc2)[C@H]2CCCC[C@@H]21. The molecule has 1 N–H and O–H groups in total. The molecule has 2 fully saturated rings. The van der Waals surface area contributed by atoms with Crippen LogP contribution in [0.1, 0.15) is 43.2 Å². The highest BCUT2D eigenvalue weighted by atomic mass is 16.3. The summed E-state index contributed by atoms with van der Waals surface area (Å²) in [6.07, 6.45) is 8.71. The number of fused-ring (bicyclic) bond motifs is 1. The van der Waals surface area contributed by atoms with Crippen molar-refractivity contribution in [3.63, 3.8) is 0 Å². The van der Waals surface area contributed by atoms with Gasteiger partial charge in [0.15, 0.2) is 0 Å². The molecular formula is C22H26N2O2. The summed E-state index contributed by atoms with van der Waals surface area (Å²) in [5.74, 6) is 0.273. The average molecular weight is 350 g/mol. The highest BCUT2D eigenvalue weighted by Crippen LogP contribution is 2.47. The van der Waals surface area contributed by atoms with Crippen LogP contribution in [0.15, 0.2) is 54.9 Å². The quantitative estimate of drug-likeness (QED) is 0.924. The molecule has 0 bridgehead atoms. The van der Waals surface area contributed by atoms with Crippen LogP contribution in [-0.4, -0.2) is 33.5 Å². The summed E-state index contributed by atoms with van der Waals surface area (Å²) in [5, 5.41) is 11.6. The van der Waals surface area contributed by atoms with E-state index in [9.17, 15) is 9.90 Å². The molecule has 2 aromatic rings. The van der Waals surface area contributed by atoms with E-state index in [1.54, 1.807) is 12.4 Å². The minimum Gasteiger partial charge on any atom is -0.385 e. The van der Waals surface area contributed by atoms with E-state index in [1.165, 1.54) is 0 Å². The number of aliphatic hydroxyl groups is 1. The Bertz CT molecular complexity index is 749. The van der Waals surface area contributed by atoms with Crippen LogP contribution < -0.4 is 0 Å². The second kappa shape index (κ2) is 7.20. The van der Waals surface area contributed by atoms with E-state index in [0.29, 0.717) is 19.4 Å². The lowest BCUT2D eigenvalue weighted by Crippen LogP contribution is -2.59. The van der Waals surface area contributed by atoms with Gasteiger partial charge in [-0.2, -0.15) is 0 Å². The Morgan fingerprint density at radius 3 is 2.73 bits per heavy atom. The summed E-state index contributed by atoms with van der Waals surface area (Å²) in [6, 6.07) is 14.0. The van der Waals surface area contributed by atoms with Crippen LogP contribution in [0.2, 0.25) is 0 Å². The highest BCUT2D eigenvalue weighted by Gasteiger charge is 2.50. The zero-order chi connectivity index (χ0) is 18.0. The lowest BCUT2D eigenvalue weighted by molar-refractivity contribution is -0.154. The van der Waals surface area contributed by atoms with Crippen LogP contribution in [-0.2, 0) is 16.8 Å². The Hall–Kier alpha value is -2.20. The fraction of sp³-hybridized carbons (Fsp3) is 0.455. The van der Waals surface area contributed by atoms with Gasteiger partial charge in [0, 0.05) is 30.9 Å². The topological polar surface area (TPSA) is 53.4 Å². The predicted molar refractivity (Wildman–Crippen MR) is 100 cm³/mol. The Morgan fingerprint density at radius 2 is 1.96 bits per heavy atom. The lowest BCUT2D eigenvalue weighted by Gasteiger charge is -2.52. The average Bonchev–Trinajstić information content (AvgIpc) is 2.70. The molecule has 2 heterocycles. The van der Waals surface area contributed by atoms with Crippen LogP contribution in [0.25, 0.3) is 0 Å². The van der Waals surface area contributed by atoms with Crippen LogP contribution in [0.3, 0.4) is 0 Å². The Labute approximate surface area is 154 Å². The monoisotopic (exact) mass is 350 g/mol. The standard InChI is InChI=1S/C22H26N2O2/c25-21(15-17-7-6-13-23-16-17)24-14-12-22(26,18-8-2-1-3-9-18)19-10-4-5-11-20(19)24/h1-3,6-9,13,16,19-20,26H,4-5,10-12,14-15H2/t19-,20-,22+/m0/s1. The fourth-order valence-corrected chi connectivity index (χ4v) is 4.86. The molecule has 1 aliphatic heterocycles. The maximum Gasteiger partial charge on any atom is 0.227 e. The molecule has 4 rings (SSSR count). The van der Waals surface area contributed by atoms with Crippen molar-refractivity contribution in [1.29, 1.82) is 0 Å². The number of nitrogens with zero attached hydrogens (tertiary/aromatic N) is 2. The van der Waals surface area contributed by atoms with Gasteiger partial charge >= 0.3 is 0 Å². The highest BCUT2D eigenvalue weighted by molar-refractivity contribution is 5.79.